The van der Waals surface area contributed by atoms with Crippen molar-refractivity contribution in [3.63, 3.8) is 0 Å². The summed E-state index contributed by atoms with van der Waals surface area (Å²) >= 11 is 0. The Hall–Kier alpha value is -3.34. The van der Waals surface area contributed by atoms with Gasteiger partial charge in [-0.1, -0.05) is 36.4 Å². The minimum absolute atomic E-state index is 0.125. The van der Waals surface area contributed by atoms with Crippen molar-refractivity contribution in [2.45, 2.75) is 49.8 Å². The van der Waals surface area contributed by atoms with Gasteiger partial charge in [-0.05, 0) is 37.1 Å². The number of pyridine rings is 1. The van der Waals surface area contributed by atoms with Gasteiger partial charge in [-0.2, -0.15) is 0 Å². The highest BCUT2D eigenvalue weighted by Gasteiger charge is 2.47. The first-order valence-electron chi connectivity index (χ1n) is 11.0. The topological polar surface area (TPSA) is 51.7 Å². The van der Waals surface area contributed by atoms with E-state index < -0.39 is 0 Å². The molecule has 2 fully saturated rings. The largest absolute Gasteiger partial charge is 0.489 e. The maximum Gasteiger partial charge on any atom is 0.235 e. The molecule has 0 spiro atoms. The Kier molecular flexibility index (Phi) is 4.41. The summed E-state index contributed by atoms with van der Waals surface area (Å²) in [4.78, 5) is 20.3. The standard InChI is InChI=1S/C26H24N2O3/c29-26(25-21-7-1-3-9-23(21)31-24-10-4-2-8-22(24)25)28-17-11-12-18(28)15-20(14-17)30-19-6-5-13-27-16-19/h1-10,13,16-18,20,25H,11-12,14-15H2. The molecule has 5 nitrogen and oxygen atoms in total. The Morgan fingerprint density at radius 1 is 0.903 bits per heavy atom. The SMILES string of the molecule is O=C(C1c2ccccc2Oc2ccccc21)N1C2CCC1CC(Oc1cccnc1)C2. The summed E-state index contributed by atoms with van der Waals surface area (Å²) in [6, 6.07) is 20.1. The van der Waals surface area contributed by atoms with Crippen molar-refractivity contribution in [1.29, 1.82) is 0 Å². The van der Waals surface area contributed by atoms with Crippen molar-refractivity contribution < 1.29 is 14.3 Å². The number of hydrogen-bond donors (Lipinski definition) is 0. The van der Waals surface area contributed by atoms with E-state index in [9.17, 15) is 4.79 Å². The van der Waals surface area contributed by atoms with Crippen LogP contribution in [0.3, 0.4) is 0 Å². The van der Waals surface area contributed by atoms with Gasteiger partial charge >= 0.3 is 0 Å². The van der Waals surface area contributed by atoms with Crippen molar-refractivity contribution in [3.05, 3.63) is 84.2 Å². The molecule has 0 aliphatic carbocycles. The molecule has 156 valence electrons. The van der Waals surface area contributed by atoms with Crippen molar-refractivity contribution in [2.75, 3.05) is 0 Å². The van der Waals surface area contributed by atoms with E-state index >= 15 is 0 Å². The Morgan fingerprint density at radius 3 is 2.16 bits per heavy atom. The number of benzene rings is 2. The molecule has 3 aliphatic heterocycles. The first-order chi connectivity index (χ1) is 15.3. The number of carbonyl (C=O) groups excluding carboxylic acids is 1. The summed E-state index contributed by atoms with van der Waals surface area (Å²) in [7, 11) is 0. The van der Waals surface area contributed by atoms with Gasteiger partial charge in [0.05, 0.1) is 12.1 Å². The highest BCUT2D eigenvalue weighted by molar-refractivity contribution is 5.90. The van der Waals surface area contributed by atoms with Gasteiger partial charge in [0, 0.05) is 42.2 Å². The van der Waals surface area contributed by atoms with E-state index in [0.29, 0.717) is 0 Å². The van der Waals surface area contributed by atoms with Crippen LogP contribution in [0.15, 0.2) is 73.1 Å². The van der Waals surface area contributed by atoms with Crippen LogP contribution in [0.1, 0.15) is 42.7 Å². The maximum absolute atomic E-state index is 14.0. The van der Waals surface area contributed by atoms with Gasteiger partial charge in [-0.25, -0.2) is 0 Å². The van der Waals surface area contributed by atoms with Gasteiger partial charge in [-0.3, -0.25) is 9.78 Å². The summed E-state index contributed by atoms with van der Waals surface area (Å²) in [5, 5.41) is 0. The van der Waals surface area contributed by atoms with Gasteiger partial charge in [0.15, 0.2) is 0 Å². The fourth-order valence-corrected chi connectivity index (χ4v) is 5.52. The molecule has 2 bridgehead atoms. The van der Waals surface area contributed by atoms with E-state index in [1.54, 1.807) is 12.4 Å². The van der Waals surface area contributed by atoms with E-state index in [-0.39, 0.29) is 30.0 Å². The van der Waals surface area contributed by atoms with Crippen molar-refractivity contribution in [1.82, 2.24) is 9.88 Å². The van der Waals surface area contributed by atoms with Gasteiger partial charge < -0.3 is 14.4 Å². The molecule has 3 aromatic rings. The molecule has 2 saturated heterocycles. The lowest BCUT2D eigenvalue weighted by Gasteiger charge is -2.41. The molecule has 0 N–H and O–H groups in total. The third kappa shape index (κ3) is 3.16. The van der Waals surface area contributed by atoms with Crippen molar-refractivity contribution >= 4 is 5.91 Å². The highest BCUT2D eigenvalue weighted by atomic mass is 16.5. The lowest BCUT2D eigenvalue weighted by molar-refractivity contribution is -0.137. The minimum atomic E-state index is -0.319. The van der Waals surface area contributed by atoms with Crippen LogP contribution < -0.4 is 9.47 Å². The van der Waals surface area contributed by atoms with Crippen LogP contribution in [0.5, 0.6) is 17.2 Å². The maximum atomic E-state index is 14.0. The third-order valence-corrected chi connectivity index (χ3v) is 6.81. The number of nitrogens with zero attached hydrogens (tertiary/aromatic N) is 2. The van der Waals surface area contributed by atoms with Gasteiger partial charge in [0.2, 0.25) is 5.91 Å². The van der Waals surface area contributed by atoms with Gasteiger partial charge in [0.1, 0.15) is 23.4 Å². The molecule has 3 aliphatic rings. The summed E-state index contributed by atoms with van der Waals surface area (Å²) in [5.74, 6) is 2.23. The lowest BCUT2D eigenvalue weighted by atomic mass is 9.85. The van der Waals surface area contributed by atoms with Crippen LogP contribution in [0, 0.1) is 0 Å². The predicted molar refractivity (Wildman–Crippen MR) is 116 cm³/mol. The van der Waals surface area contributed by atoms with Crippen LogP contribution in [0.25, 0.3) is 0 Å². The zero-order valence-electron chi connectivity index (χ0n) is 17.2. The van der Waals surface area contributed by atoms with Crippen LogP contribution >= 0.6 is 0 Å². The summed E-state index contributed by atoms with van der Waals surface area (Å²) < 4.78 is 12.3. The second kappa shape index (κ2) is 7.41. The Labute approximate surface area is 181 Å². The average Bonchev–Trinajstić information content (AvgIpc) is 3.08. The highest BCUT2D eigenvalue weighted by Crippen LogP contribution is 2.47. The number of hydrogen-bond acceptors (Lipinski definition) is 4. The number of amides is 1. The number of rotatable bonds is 3. The Morgan fingerprint density at radius 2 is 1.55 bits per heavy atom. The monoisotopic (exact) mass is 412 g/mol. The average molecular weight is 412 g/mol. The fourth-order valence-electron chi connectivity index (χ4n) is 5.52. The number of piperidine rings is 1. The molecule has 2 aromatic carbocycles. The van der Waals surface area contributed by atoms with Gasteiger partial charge in [0.25, 0.3) is 0 Å². The summed E-state index contributed by atoms with van der Waals surface area (Å²) in [6.45, 7) is 0. The first-order valence-corrected chi connectivity index (χ1v) is 11.0. The van der Waals surface area contributed by atoms with E-state index in [0.717, 1.165) is 54.1 Å². The molecule has 1 amide bonds. The van der Waals surface area contributed by atoms with Crippen molar-refractivity contribution in [3.8, 4) is 17.2 Å². The molecule has 0 radical (unpaired) electrons. The molecule has 4 heterocycles. The number of para-hydroxylation sites is 2. The number of carbonyl (C=O) groups is 1. The number of aromatic nitrogens is 1. The lowest BCUT2D eigenvalue weighted by Crippen LogP contribution is -2.51. The van der Waals surface area contributed by atoms with Crippen LogP contribution in [-0.2, 0) is 4.79 Å². The van der Waals surface area contributed by atoms with Gasteiger partial charge in [-0.15, -0.1) is 0 Å². The quantitative estimate of drug-likeness (QED) is 0.613. The van der Waals surface area contributed by atoms with Crippen LogP contribution in [0.4, 0.5) is 0 Å². The molecule has 0 saturated carbocycles. The van der Waals surface area contributed by atoms with Crippen LogP contribution in [0.2, 0.25) is 0 Å². The molecule has 6 rings (SSSR count). The number of ether oxygens (including phenoxy) is 2. The smallest absolute Gasteiger partial charge is 0.235 e. The second-order valence-electron chi connectivity index (χ2n) is 8.64. The van der Waals surface area contributed by atoms with Crippen LogP contribution in [-0.4, -0.2) is 34.0 Å². The number of fused-ring (bicyclic) bond motifs is 4. The summed E-state index contributed by atoms with van der Waals surface area (Å²) in [5.41, 5.74) is 1.92. The molecule has 5 heteroatoms. The predicted octanol–water partition coefficient (Wildman–Crippen LogP) is 4.92. The van der Waals surface area contributed by atoms with Crippen molar-refractivity contribution in [2.24, 2.45) is 0 Å². The molecule has 2 unspecified atom stereocenters. The molecule has 31 heavy (non-hydrogen) atoms. The minimum Gasteiger partial charge on any atom is -0.489 e. The molecule has 2 atom stereocenters. The molecular weight excluding hydrogens is 388 g/mol. The zero-order chi connectivity index (χ0) is 20.8. The van der Waals surface area contributed by atoms with E-state index in [4.69, 9.17) is 9.47 Å². The third-order valence-electron chi connectivity index (χ3n) is 6.81. The zero-order valence-corrected chi connectivity index (χ0v) is 17.2. The first kappa shape index (κ1) is 18.4. The second-order valence-corrected chi connectivity index (χ2v) is 8.64. The van der Waals surface area contributed by atoms with E-state index in [2.05, 4.69) is 9.88 Å². The Bertz CT molecular complexity index is 1060. The Balaban J connectivity index is 1.29. The molecule has 1 aromatic heterocycles. The molecular formula is C26H24N2O3. The normalized spacial score (nSPS) is 24.1. The van der Waals surface area contributed by atoms with E-state index in [1.165, 1.54) is 0 Å². The van der Waals surface area contributed by atoms with E-state index in [1.807, 2.05) is 60.7 Å². The fraction of sp³-hybridized carbons (Fsp3) is 0.308. The summed E-state index contributed by atoms with van der Waals surface area (Å²) in [6.07, 6.45) is 7.44.